The normalized spacial score (nSPS) is 11.1. The predicted octanol–water partition coefficient (Wildman–Crippen LogP) is 2.46. The average Bonchev–Trinajstić information content (AvgIpc) is 1.85. The molecule has 0 N–H and O–H groups in total. The number of hydrogen-bond acceptors (Lipinski definition) is 1. The summed E-state index contributed by atoms with van der Waals surface area (Å²) < 4.78 is 5.14. The SMILES string of the molecule is C#CCOCCCC(C)(C)C. The van der Waals surface area contributed by atoms with Gasteiger partial charge in [-0.1, -0.05) is 26.7 Å². The van der Waals surface area contributed by atoms with Gasteiger partial charge >= 0.3 is 0 Å². The molecule has 0 heterocycles. The summed E-state index contributed by atoms with van der Waals surface area (Å²) in [4.78, 5) is 0. The minimum absolute atomic E-state index is 0.416. The Balaban J connectivity index is 3.10. The lowest BCUT2D eigenvalue weighted by Gasteiger charge is -2.17. The molecule has 0 spiro atoms. The number of ether oxygens (including phenoxy) is 1. The molecule has 0 rings (SSSR count). The minimum atomic E-state index is 0.416. The highest BCUT2D eigenvalue weighted by molar-refractivity contribution is 4.82. The highest BCUT2D eigenvalue weighted by Gasteiger charge is 2.08. The third-order valence-corrected chi connectivity index (χ3v) is 1.40. The predicted molar refractivity (Wildman–Crippen MR) is 48.3 cm³/mol. The molecule has 0 aliphatic heterocycles. The molecule has 1 nitrogen and oxygen atoms in total. The lowest BCUT2D eigenvalue weighted by Crippen LogP contribution is -2.06. The molecule has 0 aromatic rings. The first kappa shape index (κ1) is 10.5. The third kappa shape index (κ3) is 9.52. The van der Waals surface area contributed by atoms with E-state index in [9.17, 15) is 0 Å². The van der Waals surface area contributed by atoms with Crippen molar-refractivity contribution in [2.75, 3.05) is 13.2 Å². The maximum absolute atomic E-state index is 5.14. The zero-order valence-electron chi connectivity index (χ0n) is 7.81. The monoisotopic (exact) mass is 154 g/mol. The topological polar surface area (TPSA) is 9.23 Å². The molecule has 0 fully saturated rings. The van der Waals surface area contributed by atoms with Crippen molar-refractivity contribution >= 4 is 0 Å². The van der Waals surface area contributed by atoms with E-state index in [1.54, 1.807) is 0 Å². The molecular formula is C10H18O. The Bertz CT molecular complexity index is 125. The van der Waals surface area contributed by atoms with Gasteiger partial charge in [0.25, 0.3) is 0 Å². The zero-order valence-corrected chi connectivity index (χ0v) is 7.81. The fourth-order valence-corrected chi connectivity index (χ4v) is 0.836. The van der Waals surface area contributed by atoms with Crippen LogP contribution in [-0.2, 0) is 4.74 Å². The van der Waals surface area contributed by atoms with Crippen molar-refractivity contribution < 1.29 is 4.74 Å². The van der Waals surface area contributed by atoms with Crippen molar-refractivity contribution in [1.29, 1.82) is 0 Å². The second-order valence-electron chi connectivity index (χ2n) is 3.92. The van der Waals surface area contributed by atoms with Crippen LogP contribution in [0.1, 0.15) is 33.6 Å². The Labute approximate surface area is 70.1 Å². The van der Waals surface area contributed by atoms with Gasteiger partial charge in [0.2, 0.25) is 0 Å². The van der Waals surface area contributed by atoms with Gasteiger partial charge in [-0.2, -0.15) is 0 Å². The standard InChI is InChI=1S/C10H18O/c1-5-8-11-9-6-7-10(2,3)4/h1H,6-9H2,2-4H3. The summed E-state index contributed by atoms with van der Waals surface area (Å²) in [6, 6.07) is 0. The molecule has 0 atom stereocenters. The highest BCUT2D eigenvalue weighted by Crippen LogP contribution is 2.19. The molecule has 0 aromatic carbocycles. The molecule has 64 valence electrons. The van der Waals surface area contributed by atoms with Crippen molar-refractivity contribution in [3.8, 4) is 12.3 Å². The lowest BCUT2D eigenvalue weighted by molar-refractivity contribution is 0.152. The van der Waals surface area contributed by atoms with Crippen molar-refractivity contribution in [2.24, 2.45) is 5.41 Å². The van der Waals surface area contributed by atoms with E-state index in [-0.39, 0.29) is 0 Å². The Kier molecular flexibility index (Phi) is 4.98. The Morgan fingerprint density at radius 2 is 2.00 bits per heavy atom. The van der Waals surface area contributed by atoms with E-state index in [0.29, 0.717) is 12.0 Å². The molecule has 0 saturated heterocycles. The summed E-state index contributed by atoms with van der Waals surface area (Å²) in [5.74, 6) is 2.44. The summed E-state index contributed by atoms with van der Waals surface area (Å²) >= 11 is 0. The zero-order chi connectivity index (χ0) is 8.74. The van der Waals surface area contributed by atoms with E-state index in [4.69, 9.17) is 11.2 Å². The molecule has 0 bridgehead atoms. The minimum Gasteiger partial charge on any atom is -0.369 e. The van der Waals surface area contributed by atoms with Crippen LogP contribution < -0.4 is 0 Å². The summed E-state index contributed by atoms with van der Waals surface area (Å²) in [5.41, 5.74) is 0.416. The van der Waals surface area contributed by atoms with Crippen LogP contribution in [-0.4, -0.2) is 13.2 Å². The number of rotatable bonds is 4. The van der Waals surface area contributed by atoms with E-state index in [0.717, 1.165) is 13.0 Å². The van der Waals surface area contributed by atoms with E-state index >= 15 is 0 Å². The van der Waals surface area contributed by atoms with Crippen molar-refractivity contribution in [3.05, 3.63) is 0 Å². The second-order valence-corrected chi connectivity index (χ2v) is 3.92. The highest BCUT2D eigenvalue weighted by atomic mass is 16.5. The Morgan fingerprint density at radius 3 is 2.45 bits per heavy atom. The van der Waals surface area contributed by atoms with Gasteiger partial charge in [-0.25, -0.2) is 0 Å². The molecule has 0 amide bonds. The van der Waals surface area contributed by atoms with E-state index < -0.39 is 0 Å². The van der Waals surface area contributed by atoms with Crippen LogP contribution in [0.15, 0.2) is 0 Å². The Hall–Kier alpha value is -0.480. The molecule has 11 heavy (non-hydrogen) atoms. The molecular weight excluding hydrogens is 136 g/mol. The second kappa shape index (κ2) is 5.21. The summed E-state index contributed by atoms with van der Waals surface area (Å²) in [6.45, 7) is 7.93. The maximum Gasteiger partial charge on any atom is 0.107 e. The van der Waals surface area contributed by atoms with Crippen LogP contribution in [0.2, 0.25) is 0 Å². The van der Waals surface area contributed by atoms with Gasteiger partial charge < -0.3 is 4.74 Å². The van der Waals surface area contributed by atoms with Crippen LogP contribution >= 0.6 is 0 Å². The van der Waals surface area contributed by atoms with Crippen LogP contribution in [0.3, 0.4) is 0 Å². The molecule has 0 aliphatic rings. The summed E-state index contributed by atoms with van der Waals surface area (Å²) in [5, 5.41) is 0. The van der Waals surface area contributed by atoms with E-state index in [2.05, 4.69) is 26.7 Å². The largest absolute Gasteiger partial charge is 0.369 e. The van der Waals surface area contributed by atoms with Gasteiger partial charge in [0.15, 0.2) is 0 Å². The van der Waals surface area contributed by atoms with Crippen LogP contribution in [0, 0.1) is 17.8 Å². The first-order valence-corrected chi connectivity index (χ1v) is 4.07. The van der Waals surface area contributed by atoms with Crippen LogP contribution in [0.5, 0.6) is 0 Å². The molecule has 0 unspecified atom stereocenters. The average molecular weight is 154 g/mol. The van der Waals surface area contributed by atoms with Crippen LogP contribution in [0.4, 0.5) is 0 Å². The molecule has 0 aromatic heterocycles. The van der Waals surface area contributed by atoms with Gasteiger partial charge in [-0.15, -0.1) is 6.42 Å². The summed E-state index contributed by atoms with van der Waals surface area (Å²) in [6.07, 6.45) is 7.32. The van der Waals surface area contributed by atoms with Gasteiger partial charge in [0.05, 0.1) is 0 Å². The van der Waals surface area contributed by atoms with E-state index in [1.807, 2.05) is 0 Å². The molecule has 0 radical (unpaired) electrons. The third-order valence-electron chi connectivity index (χ3n) is 1.40. The van der Waals surface area contributed by atoms with Gasteiger partial charge in [0, 0.05) is 6.61 Å². The van der Waals surface area contributed by atoms with Gasteiger partial charge in [-0.05, 0) is 18.3 Å². The van der Waals surface area contributed by atoms with Crippen LogP contribution in [0.25, 0.3) is 0 Å². The van der Waals surface area contributed by atoms with Crippen molar-refractivity contribution in [1.82, 2.24) is 0 Å². The first-order chi connectivity index (χ1) is 5.06. The van der Waals surface area contributed by atoms with E-state index in [1.165, 1.54) is 6.42 Å². The smallest absolute Gasteiger partial charge is 0.107 e. The summed E-state index contributed by atoms with van der Waals surface area (Å²) in [7, 11) is 0. The number of terminal acetylenes is 1. The lowest BCUT2D eigenvalue weighted by atomic mass is 9.91. The fourth-order valence-electron chi connectivity index (χ4n) is 0.836. The quantitative estimate of drug-likeness (QED) is 0.446. The van der Waals surface area contributed by atoms with Crippen molar-refractivity contribution in [3.63, 3.8) is 0 Å². The molecule has 1 heteroatoms. The maximum atomic E-state index is 5.14. The van der Waals surface area contributed by atoms with Gasteiger partial charge in [-0.3, -0.25) is 0 Å². The Morgan fingerprint density at radius 1 is 1.36 bits per heavy atom. The number of hydrogen-bond donors (Lipinski definition) is 0. The fraction of sp³-hybridized carbons (Fsp3) is 0.800. The molecule has 0 aliphatic carbocycles. The molecule has 0 saturated carbocycles. The van der Waals surface area contributed by atoms with Gasteiger partial charge in [0.1, 0.15) is 6.61 Å². The van der Waals surface area contributed by atoms with Crippen molar-refractivity contribution in [2.45, 2.75) is 33.6 Å². The first-order valence-electron chi connectivity index (χ1n) is 4.07.